The van der Waals surface area contributed by atoms with E-state index in [-0.39, 0.29) is 5.69 Å². The Morgan fingerprint density at radius 1 is 1.35 bits per heavy atom. The highest BCUT2D eigenvalue weighted by Gasteiger charge is 2.14. The van der Waals surface area contributed by atoms with Crippen molar-refractivity contribution >= 4 is 11.4 Å². The number of hydrogen-bond acceptors (Lipinski definition) is 5. The van der Waals surface area contributed by atoms with E-state index in [2.05, 4.69) is 19.2 Å². The fourth-order valence-corrected chi connectivity index (χ4v) is 1.62. The lowest BCUT2D eigenvalue weighted by molar-refractivity contribution is -0.384. The van der Waals surface area contributed by atoms with Crippen molar-refractivity contribution in [2.45, 2.75) is 20.3 Å². The maximum absolute atomic E-state index is 11.0. The van der Waals surface area contributed by atoms with Crippen LogP contribution in [0.5, 0.6) is 5.75 Å². The van der Waals surface area contributed by atoms with Crippen LogP contribution in [0.15, 0.2) is 18.2 Å². The van der Waals surface area contributed by atoms with Gasteiger partial charge >= 0.3 is 0 Å². The number of rotatable bonds is 9. The third-order valence-electron chi connectivity index (χ3n) is 2.80. The molecule has 0 heterocycles. The summed E-state index contributed by atoms with van der Waals surface area (Å²) in [6.45, 7) is 6.05. The summed E-state index contributed by atoms with van der Waals surface area (Å²) in [6, 6.07) is 4.74. The molecule has 0 aliphatic carbocycles. The molecule has 1 N–H and O–H groups in total. The minimum Gasteiger partial charge on any atom is -0.496 e. The number of anilines is 1. The SMILES string of the molecule is COc1ccc(NCCOCCC(C)C)c([N+](=O)[O-])c1. The summed E-state index contributed by atoms with van der Waals surface area (Å²) >= 11 is 0. The predicted octanol–water partition coefficient (Wildman–Crippen LogP) is 3.08. The number of methoxy groups -OCH3 is 1. The third-order valence-corrected chi connectivity index (χ3v) is 2.80. The Hall–Kier alpha value is -1.82. The fraction of sp³-hybridized carbons (Fsp3) is 0.571. The molecule has 0 spiro atoms. The van der Waals surface area contributed by atoms with E-state index in [0.29, 0.717) is 37.1 Å². The Labute approximate surface area is 119 Å². The lowest BCUT2D eigenvalue weighted by Gasteiger charge is -2.09. The van der Waals surface area contributed by atoms with Crippen LogP contribution in [-0.2, 0) is 4.74 Å². The normalized spacial score (nSPS) is 10.6. The number of nitrogens with zero attached hydrogens (tertiary/aromatic N) is 1. The van der Waals surface area contributed by atoms with E-state index in [1.54, 1.807) is 12.1 Å². The largest absolute Gasteiger partial charge is 0.496 e. The summed E-state index contributed by atoms with van der Waals surface area (Å²) in [7, 11) is 1.48. The van der Waals surface area contributed by atoms with Crippen molar-refractivity contribution in [1.29, 1.82) is 0 Å². The summed E-state index contributed by atoms with van der Waals surface area (Å²) in [5.74, 6) is 1.08. The second-order valence-corrected chi connectivity index (χ2v) is 4.86. The Balaban J connectivity index is 2.45. The van der Waals surface area contributed by atoms with Gasteiger partial charge in [-0.2, -0.15) is 0 Å². The molecule has 0 fully saturated rings. The van der Waals surface area contributed by atoms with E-state index in [0.717, 1.165) is 6.42 Å². The monoisotopic (exact) mass is 282 g/mol. The van der Waals surface area contributed by atoms with Gasteiger partial charge in [0.25, 0.3) is 5.69 Å². The second-order valence-electron chi connectivity index (χ2n) is 4.86. The molecule has 0 unspecified atom stereocenters. The van der Waals surface area contributed by atoms with E-state index in [9.17, 15) is 10.1 Å². The zero-order valence-corrected chi connectivity index (χ0v) is 12.2. The van der Waals surface area contributed by atoms with Gasteiger partial charge in [0.1, 0.15) is 11.4 Å². The molecule has 0 aliphatic heterocycles. The molecule has 0 saturated carbocycles. The van der Waals surface area contributed by atoms with Crippen LogP contribution in [0.25, 0.3) is 0 Å². The Kier molecular flexibility index (Phi) is 6.79. The highest BCUT2D eigenvalue weighted by Crippen LogP contribution is 2.28. The number of nitro groups is 1. The van der Waals surface area contributed by atoms with Crippen LogP contribution in [-0.4, -0.2) is 31.8 Å². The van der Waals surface area contributed by atoms with Crippen molar-refractivity contribution in [3.8, 4) is 5.75 Å². The highest BCUT2D eigenvalue weighted by molar-refractivity contribution is 5.63. The van der Waals surface area contributed by atoms with Gasteiger partial charge in [0.2, 0.25) is 0 Å². The molecule has 1 aromatic carbocycles. The van der Waals surface area contributed by atoms with Crippen molar-refractivity contribution in [3.05, 3.63) is 28.3 Å². The van der Waals surface area contributed by atoms with E-state index < -0.39 is 4.92 Å². The molecule has 1 rings (SSSR count). The Morgan fingerprint density at radius 2 is 2.10 bits per heavy atom. The molecule has 112 valence electrons. The lowest BCUT2D eigenvalue weighted by Crippen LogP contribution is -2.11. The van der Waals surface area contributed by atoms with Crippen LogP contribution in [0.3, 0.4) is 0 Å². The maximum atomic E-state index is 11.0. The summed E-state index contributed by atoms with van der Waals surface area (Å²) in [5, 5.41) is 14.0. The van der Waals surface area contributed by atoms with Crippen LogP contribution in [0, 0.1) is 16.0 Å². The molecule has 0 bridgehead atoms. The first-order valence-electron chi connectivity index (χ1n) is 6.68. The van der Waals surface area contributed by atoms with Gasteiger partial charge in [-0.15, -0.1) is 0 Å². The van der Waals surface area contributed by atoms with Crippen molar-refractivity contribution in [3.63, 3.8) is 0 Å². The smallest absolute Gasteiger partial charge is 0.296 e. The van der Waals surface area contributed by atoms with Gasteiger partial charge in [0.15, 0.2) is 0 Å². The van der Waals surface area contributed by atoms with Gasteiger partial charge in [-0.25, -0.2) is 0 Å². The average Bonchev–Trinajstić information content (AvgIpc) is 2.42. The molecular weight excluding hydrogens is 260 g/mol. The van der Waals surface area contributed by atoms with Gasteiger partial charge in [0.05, 0.1) is 24.7 Å². The van der Waals surface area contributed by atoms with Gasteiger partial charge in [0, 0.05) is 13.2 Å². The molecule has 0 radical (unpaired) electrons. The van der Waals surface area contributed by atoms with Gasteiger partial charge in [-0.3, -0.25) is 10.1 Å². The minimum atomic E-state index is -0.426. The van der Waals surface area contributed by atoms with E-state index in [4.69, 9.17) is 9.47 Å². The maximum Gasteiger partial charge on any atom is 0.296 e. The molecule has 20 heavy (non-hydrogen) atoms. The topological polar surface area (TPSA) is 73.6 Å². The molecule has 0 saturated heterocycles. The molecule has 6 nitrogen and oxygen atoms in total. The number of benzene rings is 1. The average molecular weight is 282 g/mol. The molecule has 0 amide bonds. The first-order valence-corrected chi connectivity index (χ1v) is 6.68. The molecule has 0 atom stereocenters. The summed E-state index contributed by atoms with van der Waals surface area (Å²) in [6.07, 6.45) is 1.02. The first-order chi connectivity index (χ1) is 9.54. The van der Waals surface area contributed by atoms with E-state index in [1.807, 2.05) is 0 Å². The molecule has 0 aliphatic rings. The predicted molar refractivity (Wildman–Crippen MR) is 78.4 cm³/mol. The number of ether oxygens (including phenoxy) is 2. The Bertz CT molecular complexity index is 435. The van der Waals surface area contributed by atoms with Crippen molar-refractivity contribution in [2.75, 3.05) is 32.2 Å². The molecular formula is C14H22N2O4. The number of hydrogen-bond donors (Lipinski definition) is 1. The minimum absolute atomic E-state index is 0.00605. The molecule has 6 heteroatoms. The molecule has 0 aromatic heterocycles. The van der Waals surface area contributed by atoms with Crippen molar-refractivity contribution in [1.82, 2.24) is 0 Å². The van der Waals surface area contributed by atoms with E-state index in [1.165, 1.54) is 13.2 Å². The summed E-state index contributed by atoms with van der Waals surface area (Å²) in [4.78, 5) is 10.6. The van der Waals surface area contributed by atoms with Crippen LogP contribution >= 0.6 is 0 Å². The number of nitro benzene ring substituents is 1. The van der Waals surface area contributed by atoms with Crippen LogP contribution in [0.2, 0.25) is 0 Å². The fourth-order valence-electron chi connectivity index (χ4n) is 1.62. The highest BCUT2D eigenvalue weighted by atomic mass is 16.6. The van der Waals surface area contributed by atoms with Gasteiger partial charge in [-0.1, -0.05) is 13.8 Å². The van der Waals surface area contributed by atoms with E-state index >= 15 is 0 Å². The first kappa shape index (κ1) is 16.2. The Morgan fingerprint density at radius 3 is 2.70 bits per heavy atom. The van der Waals surface area contributed by atoms with Crippen LogP contribution in [0.4, 0.5) is 11.4 Å². The standard InChI is InChI=1S/C14H22N2O4/c1-11(2)6-8-20-9-7-15-13-5-4-12(19-3)10-14(13)16(17)18/h4-5,10-11,15H,6-9H2,1-3H3. The quantitative estimate of drug-likeness (QED) is 0.428. The van der Waals surface area contributed by atoms with Crippen molar-refractivity contribution < 1.29 is 14.4 Å². The van der Waals surface area contributed by atoms with Gasteiger partial charge in [-0.05, 0) is 24.5 Å². The van der Waals surface area contributed by atoms with Gasteiger partial charge < -0.3 is 14.8 Å². The lowest BCUT2D eigenvalue weighted by atomic mass is 10.1. The van der Waals surface area contributed by atoms with Crippen molar-refractivity contribution in [2.24, 2.45) is 5.92 Å². The summed E-state index contributed by atoms with van der Waals surface area (Å²) in [5.41, 5.74) is 0.481. The summed E-state index contributed by atoms with van der Waals surface area (Å²) < 4.78 is 10.4. The van der Waals surface area contributed by atoms with Crippen LogP contribution in [0.1, 0.15) is 20.3 Å². The van der Waals surface area contributed by atoms with Crippen LogP contribution < -0.4 is 10.1 Å². The molecule has 1 aromatic rings. The zero-order chi connectivity index (χ0) is 15.0. The zero-order valence-electron chi connectivity index (χ0n) is 12.2. The second kappa shape index (κ2) is 8.37. The third kappa shape index (κ3) is 5.44. The number of nitrogens with one attached hydrogen (secondary N) is 1.